The summed E-state index contributed by atoms with van der Waals surface area (Å²) in [7, 11) is 0. The van der Waals surface area contributed by atoms with Crippen LogP contribution in [0, 0.1) is 5.82 Å². The Labute approximate surface area is 134 Å². The van der Waals surface area contributed by atoms with Crippen LogP contribution >= 0.6 is 0 Å². The largest absolute Gasteiger partial charge is 0.390 e. The third kappa shape index (κ3) is 2.87. The first kappa shape index (κ1) is 15.4. The van der Waals surface area contributed by atoms with Crippen LogP contribution in [0.2, 0.25) is 0 Å². The van der Waals surface area contributed by atoms with E-state index in [9.17, 15) is 9.50 Å². The summed E-state index contributed by atoms with van der Waals surface area (Å²) in [5.74, 6) is 0.0587. The number of aromatic nitrogens is 3. The van der Waals surface area contributed by atoms with E-state index in [0.29, 0.717) is 22.9 Å². The van der Waals surface area contributed by atoms with Crippen molar-refractivity contribution in [3.63, 3.8) is 0 Å². The number of hydrogen-bond donors (Lipinski definition) is 1. The van der Waals surface area contributed by atoms with Gasteiger partial charge >= 0.3 is 0 Å². The molecular formula is C18H18FN3O. The van der Waals surface area contributed by atoms with Gasteiger partial charge < -0.3 is 5.11 Å². The van der Waals surface area contributed by atoms with Gasteiger partial charge in [0.1, 0.15) is 17.2 Å². The number of hydrogen-bond acceptors (Lipinski definition) is 3. The molecule has 0 amide bonds. The first-order valence-electron chi connectivity index (χ1n) is 7.52. The second-order valence-electron chi connectivity index (χ2n) is 5.68. The third-order valence-corrected chi connectivity index (χ3v) is 3.82. The Morgan fingerprint density at radius 2 is 1.78 bits per heavy atom. The van der Waals surface area contributed by atoms with Crippen molar-refractivity contribution in [2.45, 2.75) is 26.4 Å². The van der Waals surface area contributed by atoms with Crippen LogP contribution < -0.4 is 0 Å². The molecule has 118 valence electrons. The van der Waals surface area contributed by atoms with Gasteiger partial charge in [-0.15, -0.1) is 5.10 Å². The number of aliphatic hydroxyl groups is 1. The molecule has 0 unspecified atom stereocenters. The van der Waals surface area contributed by atoms with Crippen LogP contribution in [0.25, 0.3) is 16.9 Å². The monoisotopic (exact) mass is 311 g/mol. The molecule has 0 atom stereocenters. The normalized spacial score (nSPS) is 11.2. The molecule has 3 rings (SSSR count). The minimum absolute atomic E-state index is 0.298. The molecule has 2 aromatic carbocycles. The summed E-state index contributed by atoms with van der Waals surface area (Å²) in [4.78, 5) is 0. The minimum atomic E-state index is -0.371. The Kier molecular flexibility index (Phi) is 4.21. The molecule has 0 spiro atoms. The van der Waals surface area contributed by atoms with Gasteiger partial charge in [-0.05, 0) is 35.7 Å². The zero-order valence-electron chi connectivity index (χ0n) is 13.1. The minimum Gasteiger partial charge on any atom is -0.390 e. The molecule has 0 aliphatic carbocycles. The topological polar surface area (TPSA) is 50.9 Å². The number of rotatable bonds is 4. The lowest BCUT2D eigenvalue weighted by atomic mass is 10.0. The zero-order chi connectivity index (χ0) is 16.4. The van der Waals surface area contributed by atoms with Crippen LogP contribution in [-0.2, 0) is 6.61 Å². The molecular weight excluding hydrogens is 293 g/mol. The van der Waals surface area contributed by atoms with Crippen LogP contribution in [-0.4, -0.2) is 20.1 Å². The molecule has 0 saturated carbocycles. The van der Waals surface area contributed by atoms with E-state index in [1.807, 2.05) is 24.3 Å². The van der Waals surface area contributed by atoms with Gasteiger partial charge in [0.05, 0.1) is 12.3 Å². The third-order valence-electron chi connectivity index (χ3n) is 3.82. The van der Waals surface area contributed by atoms with Gasteiger partial charge in [0.2, 0.25) is 0 Å². The van der Waals surface area contributed by atoms with Gasteiger partial charge in [-0.25, -0.2) is 9.07 Å². The first-order chi connectivity index (χ1) is 11.1. The quantitative estimate of drug-likeness (QED) is 0.799. The number of benzene rings is 2. The molecule has 1 heterocycles. The average molecular weight is 311 g/mol. The van der Waals surface area contributed by atoms with Gasteiger partial charge in [-0.3, -0.25) is 0 Å². The fourth-order valence-corrected chi connectivity index (χ4v) is 2.52. The van der Waals surface area contributed by atoms with Crippen molar-refractivity contribution in [1.29, 1.82) is 0 Å². The molecule has 3 aromatic rings. The van der Waals surface area contributed by atoms with E-state index in [1.165, 1.54) is 11.6 Å². The molecule has 5 heteroatoms. The van der Waals surface area contributed by atoms with Gasteiger partial charge in [0.25, 0.3) is 0 Å². The summed E-state index contributed by atoms with van der Waals surface area (Å²) in [6.45, 7) is 3.95. The Balaban J connectivity index is 2.14. The summed E-state index contributed by atoms with van der Waals surface area (Å²) in [5.41, 5.74) is 3.18. The van der Waals surface area contributed by atoms with Crippen molar-refractivity contribution >= 4 is 0 Å². The highest BCUT2D eigenvalue weighted by molar-refractivity contribution is 5.65. The van der Waals surface area contributed by atoms with E-state index in [1.54, 1.807) is 22.9 Å². The van der Waals surface area contributed by atoms with Crippen LogP contribution in [0.1, 0.15) is 31.0 Å². The van der Waals surface area contributed by atoms with Crippen LogP contribution in [0.15, 0.2) is 48.5 Å². The van der Waals surface area contributed by atoms with Crippen LogP contribution in [0.5, 0.6) is 0 Å². The van der Waals surface area contributed by atoms with Crippen LogP contribution in [0.4, 0.5) is 4.39 Å². The highest BCUT2D eigenvalue weighted by Crippen LogP contribution is 2.28. The average Bonchev–Trinajstić information content (AvgIpc) is 2.99. The standard InChI is InChI=1S/C18H18FN3O/c1-12(2)13-7-9-14(10-8-13)22-18(17(11-23)20-21-22)15-5-3-4-6-16(15)19/h3-10,12,23H,11H2,1-2H3. The van der Waals surface area contributed by atoms with Crippen molar-refractivity contribution in [2.75, 3.05) is 0 Å². The summed E-state index contributed by atoms with van der Waals surface area (Å²) in [6, 6.07) is 14.3. The highest BCUT2D eigenvalue weighted by Gasteiger charge is 2.18. The van der Waals surface area contributed by atoms with Crippen molar-refractivity contribution in [1.82, 2.24) is 15.0 Å². The van der Waals surface area contributed by atoms with Crippen molar-refractivity contribution in [3.05, 3.63) is 65.6 Å². The van der Waals surface area contributed by atoms with E-state index in [4.69, 9.17) is 0 Å². The number of nitrogens with zero attached hydrogens (tertiary/aromatic N) is 3. The van der Waals surface area contributed by atoms with E-state index < -0.39 is 0 Å². The maximum atomic E-state index is 14.2. The Morgan fingerprint density at radius 1 is 1.09 bits per heavy atom. The Bertz CT molecular complexity index is 809. The Hall–Kier alpha value is -2.53. The lowest BCUT2D eigenvalue weighted by molar-refractivity contribution is 0.277. The predicted octanol–water partition coefficient (Wildman–Crippen LogP) is 3.69. The SMILES string of the molecule is CC(C)c1ccc(-n2nnc(CO)c2-c2ccccc2F)cc1. The van der Waals surface area contributed by atoms with Crippen molar-refractivity contribution < 1.29 is 9.50 Å². The fraction of sp³-hybridized carbons (Fsp3) is 0.222. The second-order valence-corrected chi connectivity index (χ2v) is 5.68. The van der Waals surface area contributed by atoms with E-state index in [-0.39, 0.29) is 12.4 Å². The lowest BCUT2D eigenvalue weighted by Gasteiger charge is -2.10. The first-order valence-corrected chi connectivity index (χ1v) is 7.52. The molecule has 0 aliphatic rings. The second kappa shape index (κ2) is 6.30. The summed E-state index contributed by atoms with van der Waals surface area (Å²) < 4.78 is 15.7. The van der Waals surface area contributed by atoms with E-state index in [2.05, 4.69) is 24.2 Å². The molecule has 0 fully saturated rings. The van der Waals surface area contributed by atoms with Crippen molar-refractivity contribution in [3.8, 4) is 16.9 Å². The fourth-order valence-electron chi connectivity index (χ4n) is 2.52. The Morgan fingerprint density at radius 3 is 2.39 bits per heavy atom. The highest BCUT2D eigenvalue weighted by atomic mass is 19.1. The molecule has 0 bridgehead atoms. The molecule has 0 aliphatic heterocycles. The molecule has 1 N–H and O–H groups in total. The molecule has 23 heavy (non-hydrogen) atoms. The molecule has 0 saturated heterocycles. The summed E-state index contributed by atoms with van der Waals surface area (Å²) in [6.07, 6.45) is 0. The number of halogens is 1. The summed E-state index contributed by atoms with van der Waals surface area (Å²) in [5, 5.41) is 17.6. The van der Waals surface area contributed by atoms with E-state index >= 15 is 0 Å². The predicted molar refractivity (Wildman–Crippen MR) is 86.8 cm³/mol. The van der Waals surface area contributed by atoms with Gasteiger partial charge in [-0.1, -0.05) is 43.3 Å². The zero-order valence-corrected chi connectivity index (χ0v) is 13.1. The summed E-state index contributed by atoms with van der Waals surface area (Å²) >= 11 is 0. The van der Waals surface area contributed by atoms with Crippen LogP contribution in [0.3, 0.4) is 0 Å². The van der Waals surface area contributed by atoms with Gasteiger partial charge in [0, 0.05) is 5.56 Å². The van der Waals surface area contributed by atoms with E-state index in [0.717, 1.165) is 5.69 Å². The molecule has 1 aromatic heterocycles. The van der Waals surface area contributed by atoms with Crippen molar-refractivity contribution in [2.24, 2.45) is 0 Å². The van der Waals surface area contributed by atoms with Gasteiger partial charge in [0.15, 0.2) is 0 Å². The maximum Gasteiger partial charge on any atom is 0.132 e. The smallest absolute Gasteiger partial charge is 0.132 e. The maximum absolute atomic E-state index is 14.2. The van der Waals surface area contributed by atoms with Gasteiger partial charge in [-0.2, -0.15) is 0 Å². The lowest BCUT2D eigenvalue weighted by Crippen LogP contribution is -2.02. The number of aliphatic hydroxyl groups excluding tert-OH is 1. The molecule has 4 nitrogen and oxygen atoms in total. The molecule has 0 radical (unpaired) electrons.